The van der Waals surface area contributed by atoms with Crippen molar-refractivity contribution in [2.75, 3.05) is 0 Å². The van der Waals surface area contributed by atoms with Gasteiger partial charge in [-0.3, -0.25) is 14.0 Å². The van der Waals surface area contributed by atoms with Crippen LogP contribution in [0.25, 0.3) is 22.4 Å². The molecule has 5 aromatic rings. The standard InChI is InChI=1S/C25H16Cl2N2O3S/c1-14-18(11-15-5-3-2-4-6-15)23(30)28-25-29(14)24(31)22(33-25)13-17-8-10-21(32-17)16-7-9-19(26)20(27)12-16/h2-10,12-13H,11H2,1H3. The van der Waals surface area contributed by atoms with Gasteiger partial charge in [-0.2, -0.15) is 4.98 Å². The normalized spacial score (nSPS) is 12.0. The van der Waals surface area contributed by atoms with E-state index in [2.05, 4.69) is 4.98 Å². The number of rotatable bonds is 4. The number of halogens is 2. The first kappa shape index (κ1) is 21.6. The van der Waals surface area contributed by atoms with Gasteiger partial charge in [0.2, 0.25) is 4.96 Å². The first-order valence-electron chi connectivity index (χ1n) is 10.1. The number of furan rings is 1. The van der Waals surface area contributed by atoms with Gasteiger partial charge in [0, 0.05) is 29.3 Å². The van der Waals surface area contributed by atoms with E-state index in [1.807, 2.05) is 36.4 Å². The van der Waals surface area contributed by atoms with Gasteiger partial charge in [0.15, 0.2) is 0 Å². The highest BCUT2D eigenvalue weighted by atomic mass is 35.5. The number of benzene rings is 2. The molecule has 0 fully saturated rings. The maximum absolute atomic E-state index is 13.2. The number of nitrogens with zero attached hydrogens (tertiary/aromatic N) is 2. The number of aryl methyl sites for hydroxylation is 1. The van der Waals surface area contributed by atoms with E-state index in [-0.39, 0.29) is 11.1 Å². The van der Waals surface area contributed by atoms with Crippen LogP contribution in [0.5, 0.6) is 0 Å². The molecule has 0 saturated carbocycles. The summed E-state index contributed by atoms with van der Waals surface area (Å²) in [6.45, 7) is 1.78. The quantitative estimate of drug-likeness (QED) is 0.347. The fourth-order valence-corrected chi connectivity index (χ4v) is 4.94. The number of aromatic nitrogens is 2. The van der Waals surface area contributed by atoms with Crippen molar-refractivity contribution in [1.82, 2.24) is 9.38 Å². The van der Waals surface area contributed by atoms with E-state index >= 15 is 0 Å². The topological polar surface area (TPSA) is 64.6 Å². The number of hydrogen-bond donors (Lipinski definition) is 0. The zero-order chi connectivity index (χ0) is 23.1. The number of thiazole rings is 1. The molecule has 0 saturated heterocycles. The summed E-state index contributed by atoms with van der Waals surface area (Å²) in [6.07, 6.45) is 2.07. The van der Waals surface area contributed by atoms with Crippen LogP contribution in [-0.2, 0) is 6.42 Å². The molecule has 0 unspecified atom stereocenters. The summed E-state index contributed by atoms with van der Waals surface area (Å²) in [4.78, 5) is 30.4. The van der Waals surface area contributed by atoms with E-state index in [1.165, 1.54) is 4.40 Å². The molecule has 0 aliphatic heterocycles. The molecule has 33 heavy (non-hydrogen) atoms. The zero-order valence-corrected chi connectivity index (χ0v) is 19.7. The molecular weight excluding hydrogens is 479 g/mol. The average Bonchev–Trinajstić information content (AvgIpc) is 3.39. The first-order valence-corrected chi connectivity index (χ1v) is 11.6. The summed E-state index contributed by atoms with van der Waals surface area (Å²) in [5.41, 5.74) is 2.33. The Morgan fingerprint density at radius 1 is 1.03 bits per heavy atom. The van der Waals surface area contributed by atoms with E-state index in [1.54, 1.807) is 37.3 Å². The fourth-order valence-electron chi connectivity index (χ4n) is 3.66. The second kappa shape index (κ2) is 8.63. The molecule has 0 bridgehead atoms. The summed E-state index contributed by atoms with van der Waals surface area (Å²) in [5, 5.41) is 0.893. The molecule has 8 heteroatoms. The fraction of sp³-hybridized carbons (Fsp3) is 0.0800. The Labute approximate surface area is 202 Å². The molecule has 5 nitrogen and oxygen atoms in total. The van der Waals surface area contributed by atoms with Crippen molar-refractivity contribution in [3.63, 3.8) is 0 Å². The van der Waals surface area contributed by atoms with Crippen molar-refractivity contribution >= 4 is 45.6 Å². The minimum atomic E-state index is -0.316. The molecule has 164 valence electrons. The van der Waals surface area contributed by atoms with Gasteiger partial charge >= 0.3 is 0 Å². The molecular formula is C25H16Cl2N2O3S. The van der Waals surface area contributed by atoms with Crippen LogP contribution in [0, 0.1) is 6.92 Å². The van der Waals surface area contributed by atoms with Crippen LogP contribution >= 0.6 is 34.5 Å². The Morgan fingerprint density at radius 3 is 2.58 bits per heavy atom. The van der Waals surface area contributed by atoms with Crippen LogP contribution in [0.15, 0.2) is 74.7 Å². The second-order valence-electron chi connectivity index (χ2n) is 7.51. The Kier molecular flexibility index (Phi) is 5.66. The van der Waals surface area contributed by atoms with Crippen molar-refractivity contribution in [3.05, 3.63) is 119 Å². The number of fused-ring (bicyclic) bond motifs is 1. The van der Waals surface area contributed by atoms with Gasteiger partial charge in [-0.1, -0.05) is 64.9 Å². The molecule has 3 heterocycles. The van der Waals surface area contributed by atoms with E-state index in [9.17, 15) is 9.59 Å². The lowest BCUT2D eigenvalue weighted by Crippen LogP contribution is -2.27. The van der Waals surface area contributed by atoms with Crippen LogP contribution in [0.1, 0.15) is 22.6 Å². The predicted molar refractivity (Wildman–Crippen MR) is 133 cm³/mol. The number of hydrogen-bond acceptors (Lipinski definition) is 5. The zero-order valence-electron chi connectivity index (χ0n) is 17.3. The maximum atomic E-state index is 13.2. The van der Waals surface area contributed by atoms with Crippen molar-refractivity contribution in [1.29, 1.82) is 0 Å². The molecule has 0 spiro atoms. The van der Waals surface area contributed by atoms with Gasteiger partial charge in [0.05, 0.1) is 10.0 Å². The van der Waals surface area contributed by atoms with E-state index in [0.29, 0.717) is 48.7 Å². The summed E-state index contributed by atoms with van der Waals surface area (Å²) in [7, 11) is 0. The molecule has 0 amide bonds. The lowest BCUT2D eigenvalue weighted by Gasteiger charge is -2.06. The van der Waals surface area contributed by atoms with Gasteiger partial charge in [-0.15, -0.1) is 0 Å². The van der Waals surface area contributed by atoms with Crippen LogP contribution in [0.4, 0.5) is 0 Å². The first-order chi connectivity index (χ1) is 15.9. The Balaban J connectivity index is 1.57. The third kappa shape index (κ3) is 4.13. The van der Waals surface area contributed by atoms with Crippen LogP contribution < -0.4 is 15.7 Å². The molecule has 5 rings (SSSR count). The SMILES string of the molecule is Cc1c(Cc2ccccc2)c(=O)nc2sc(=Cc3ccc(-c4ccc(Cl)c(Cl)c4)o3)c(=O)n12. The minimum absolute atomic E-state index is 0.234. The molecule has 0 atom stereocenters. The smallest absolute Gasteiger partial charge is 0.277 e. The Bertz CT molecular complexity index is 1670. The lowest BCUT2D eigenvalue weighted by molar-refractivity contribution is 0.571. The highest BCUT2D eigenvalue weighted by Crippen LogP contribution is 2.29. The summed E-state index contributed by atoms with van der Waals surface area (Å²) < 4.78 is 7.82. The summed E-state index contributed by atoms with van der Waals surface area (Å²) in [6, 6.07) is 18.4. The lowest BCUT2D eigenvalue weighted by atomic mass is 10.1. The third-order valence-corrected chi connectivity index (χ3v) is 7.07. The second-order valence-corrected chi connectivity index (χ2v) is 9.33. The van der Waals surface area contributed by atoms with Crippen molar-refractivity contribution < 1.29 is 4.42 Å². The largest absolute Gasteiger partial charge is 0.457 e. The molecule has 0 radical (unpaired) electrons. The average molecular weight is 495 g/mol. The van der Waals surface area contributed by atoms with Crippen molar-refractivity contribution in [2.24, 2.45) is 0 Å². The van der Waals surface area contributed by atoms with Gasteiger partial charge in [-0.05, 0) is 42.8 Å². The molecule has 0 aliphatic carbocycles. The highest BCUT2D eigenvalue weighted by Gasteiger charge is 2.15. The van der Waals surface area contributed by atoms with Crippen molar-refractivity contribution in [2.45, 2.75) is 13.3 Å². The molecule has 0 N–H and O–H groups in total. The Morgan fingerprint density at radius 2 is 1.82 bits per heavy atom. The molecule has 2 aromatic carbocycles. The van der Waals surface area contributed by atoms with E-state index in [0.717, 1.165) is 22.5 Å². The molecule has 3 aromatic heterocycles. The third-order valence-electron chi connectivity index (χ3n) is 5.36. The predicted octanol–water partition coefficient (Wildman–Crippen LogP) is 5.13. The van der Waals surface area contributed by atoms with Crippen LogP contribution in [0.3, 0.4) is 0 Å². The van der Waals surface area contributed by atoms with Crippen LogP contribution in [0.2, 0.25) is 10.0 Å². The summed E-state index contributed by atoms with van der Waals surface area (Å²) in [5.74, 6) is 1.10. The molecule has 0 aliphatic rings. The maximum Gasteiger partial charge on any atom is 0.277 e. The van der Waals surface area contributed by atoms with Gasteiger partial charge in [0.25, 0.3) is 11.1 Å². The van der Waals surface area contributed by atoms with Crippen LogP contribution in [-0.4, -0.2) is 9.38 Å². The van der Waals surface area contributed by atoms with E-state index in [4.69, 9.17) is 27.6 Å². The highest BCUT2D eigenvalue weighted by molar-refractivity contribution is 7.15. The van der Waals surface area contributed by atoms with Crippen molar-refractivity contribution in [3.8, 4) is 11.3 Å². The monoisotopic (exact) mass is 494 g/mol. The van der Waals surface area contributed by atoms with Gasteiger partial charge in [0.1, 0.15) is 16.1 Å². The summed E-state index contributed by atoms with van der Waals surface area (Å²) >= 11 is 13.2. The minimum Gasteiger partial charge on any atom is -0.457 e. The van der Waals surface area contributed by atoms with E-state index < -0.39 is 0 Å². The Hall–Kier alpha value is -3.19. The van der Waals surface area contributed by atoms with Gasteiger partial charge in [-0.25, -0.2) is 0 Å². The van der Waals surface area contributed by atoms with Gasteiger partial charge < -0.3 is 4.42 Å².